The average molecular weight is 524 g/mol. The van der Waals surface area contributed by atoms with Gasteiger partial charge in [0.1, 0.15) is 18.3 Å². The molecule has 0 aliphatic rings. The second-order valence-corrected chi connectivity index (χ2v) is 10.9. The van der Waals surface area contributed by atoms with Gasteiger partial charge in [-0.1, -0.05) is 36.7 Å². The molecule has 192 valence electrons. The third-order valence-corrected chi connectivity index (χ3v) is 7.03. The summed E-state index contributed by atoms with van der Waals surface area (Å²) in [7, 11) is -2.29. The van der Waals surface area contributed by atoms with E-state index in [4.69, 9.17) is 16.3 Å². The number of hydrogen-bond acceptors (Lipinski definition) is 5. The fraction of sp³-hybridized carbons (Fsp3) is 0.440. The molecule has 0 aliphatic carbocycles. The van der Waals surface area contributed by atoms with Crippen molar-refractivity contribution in [3.05, 3.63) is 58.6 Å². The quantitative estimate of drug-likeness (QED) is 0.484. The highest BCUT2D eigenvalue weighted by Crippen LogP contribution is 2.28. The van der Waals surface area contributed by atoms with Gasteiger partial charge in [-0.25, -0.2) is 8.42 Å². The number of anilines is 1. The van der Waals surface area contributed by atoms with Crippen molar-refractivity contribution in [3.8, 4) is 5.75 Å². The zero-order chi connectivity index (χ0) is 26.3. The van der Waals surface area contributed by atoms with Crippen molar-refractivity contribution in [2.75, 3.05) is 24.2 Å². The lowest BCUT2D eigenvalue weighted by molar-refractivity contribution is -0.140. The summed E-state index contributed by atoms with van der Waals surface area (Å²) in [6.45, 7) is 6.81. The van der Waals surface area contributed by atoms with Gasteiger partial charge in [-0.15, -0.1) is 0 Å². The first-order valence-electron chi connectivity index (χ1n) is 11.3. The molecule has 0 heterocycles. The van der Waals surface area contributed by atoms with Gasteiger partial charge in [0.15, 0.2) is 0 Å². The van der Waals surface area contributed by atoms with Crippen LogP contribution in [0, 0.1) is 6.92 Å². The molecule has 0 spiro atoms. The monoisotopic (exact) mass is 523 g/mol. The first-order chi connectivity index (χ1) is 16.4. The second-order valence-electron chi connectivity index (χ2n) is 8.61. The topological polar surface area (TPSA) is 96.0 Å². The third-order valence-electron chi connectivity index (χ3n) is 5.49. The Labute approximate surface area is 213 Å². The van der Waals surface area contributed by atoms with Crippen molar-refractivity contribution < 1.29 is 22.7 Å². The highest BCUT2D eigenvalue weighted by atomic mass is 35.5. The van der Waals surface area contributed by atoms with E-state index < -0.39 is 28.5 Å². The molecule has 1 N–H and O–H groups in total. The lowest BCUT2D eigenvalue weighted by Crippen LogP contribution is -2.53. The number of benzene rings is 2. The van der Waals surface area contributed by atoms with E-state index >= 15 is 0 Å². The number of carbonyl (C=O) groups excluding carboxylic acids is 2. The molecule has 0 unspecified atom stereocenters. The SMILES string of the molecule is CC[C@@H](C(=O)NC(C)C)N(Cc1cccc(OC)c1)C(=O)CN(c1cccc(Cl)c1C)S(C)(=O)=O. The van der Waals surface area contributed by atoms with E-state index in [9.17, 15) is 18.0 Å². The van der Waals surface area contributed by atoms with E-state index in [0.29, 0.717) is 28.4 Å². The number of ether oxygens (including phenoxy) is 1. The Morgan fingerprint density at radius 3 is 2.37 bits per heavy atom. The largest absolute Gasteiger partial charge is 0.497 e. The summed E-state index contributed by atoms with van der Waals surface area (Å²) in [6.07, 6.45) is 1.39. The number of nitrogens with zero attached hydrogens (tertiary/aromatic N) is 2. The predicted octanol–water partition coefficient (Wildman–Crippen LogP) is 3.76. The van der Waals surface area contributed by atoms with Crippen molar-refractivity contribution >= 4 is 39.1 Å². The molecular weight excluding hydrogens is 490 g/mol. The number of amides is 2. The van der Waals surface area contributed by atoms with Gasteiger partial charge in [-0.3, -0.25) is 13.9 Å². The zero-order valence-electron chi connectivity index (χ0n) is 21.0. The van der Waals surface area contributed by atoms with Crippen LogP contribution in [0.3, 0.4) is 0 Å². The molecule has 0 bridgehead atoms. The number of hydrogen-bond donors (Lipinski definition) is 1. The van der Waals surface area contributed by atoms with Gasteiger partial charge in [0, 0.05) is 17.6 Å². The smallest absolute Gasteiger partial charge is 0.244 e. The molecule has 2 amide bonds. The molecular formula is C25H34ClN3O5S. The van der Waals surface area contributed by atoms with E-state index in [2.05, 4.69) is 5.32 Å². The van der Waals surface area contributed by atoms with Crippen LogP contribution in [0.1, 0.15) is 38.3 Å². The Bertz CT molecular complexity index is 1150. The summed E-state index contributed by atoms with van der Waals surface area (Å²) in [5.74, 6) is -0.200. The zero-order valence-corrected chi connectivity index (χ0v) is 22.6. The molecule has 2 aromatic carbocycles. The van der Waals surface area contributed by atoms with Crippen molar-refractivity contribution in [3.63, 3.8) is 0 Å². The second kappa shape index (κ2) is 12.3. The van der Waals surface area contributed by atoms with E-state index in [0.717, 1.165) is 16.1 Å². The van der Waals surface area contributed by atoms with Crippen molar-refractivity contribution in [2.45, 2.75) is 52.7 Å². The van der Waals surface area contributed by atoms with Gasteiger partial charge in [-0.05, 0) is 62.6 Å². The standard InChI is InChI=1S/C25H34ClN3O5S/c1-7-22(25(31)27-17(2)3)28(15-19-10-8-11-20(14-19)34-5)24(30)16-29(35(6,32)33)23-13-9-12-21(26)18(23)4/h8-14,17,22H,7,15-16H2,1-6H3,(H,27,31)/t22-/m0/s1. The Hall–Kier alpha value is -2.78. The van der Waals surface area contributed by atoms with Crippen LogP contribution in [0.4, 0.5) is 5.69 Å². The van der Waals surface area contributed by atoms with Crippen LogP contribution in [-0.4, -0.2) is 57.1 Å². The Morgan fingerprint density at radius 1 is 1.14 bits per heavy atom. The van der Waals surface area contributed by atoms with Gasteiger partial charge >= 0.3 is 0 Å². The lowest BCUT2D eigenvalue weighted by Gasteiger charge is -2.33. The van der Waals surface area contributed by atoms with E-state index in [-0.39, 0.29) is 18.5 Å². The van der Waals surface area contributed by atoms with Crippen LogP contribution < -0.4 is 14.4 Å². The van der Waals surface area contributed by atoms with Crippen LogP contribution in [0.15, 0.2) is 42.5 Å². The molecule has 35 heavy (non-hydrogen) atoms. The summed E-state index contributed by atoms with van der Waals surface area (Å²) in [4.78, 5) is 28.1. The first kappa shape index (κ1) is 28.5. The maximum atomic E-state index is 13.7. The molecule has 0 aliphatic heterocycles. The first-order valence-corrected chi connectivity index (χ1v) is 13.6. The molecule has 2 rings (SSSR count). The van der Waals surface area contributed by atoms with Crippen LogP contribution >= 0.6 is 11.6 Å². The number of nitrogens with one attached hydrogen (secondary N) is 1. The minimum Gasteiger partial charge on any atom is -0.497 e. The summed E-state index contributed by atoms with van der Waals surface area (Å²) in [6, 6.07) is 11.2. The van der Waals surface area contributed by atoms with Gasteiger partial charge in [0.2, 0.25) is 21.8 Å². The summed E-state index contributed by atoms with van der Waals surface area (Å²) in [5.41, 5.74) is 1.60. The summed E-state index contributed by atoms with van der Waals surface area (Å²) < 4.78 is 31.8. The van der Waals surface area contributed by atoms with Gasteiger partial charge in [-0.2, -0.15) is 0 Å². The molecule has 0 aromatic heterocycles. The minimum atomic E-state index is -3.83. The highest BCUT2D eigenvalue weighted by molar-refractivity contribution is 7.92. The molecule has 10 heteroatoms. The van der Waals surface area contributed by atoms with Crippen molar-refractivity contribution in [1.82, 2.24) is 10.2 Å². The molecule has 2 aromatic rings. The van der Waals surface area contributed by atoms with E-state index in [1.54, 1.807) is 50.4 Å². The molecule has 0 saturated carbocycles. The van der Waals surface area contributed by atoms with Crippen LogP contribution in [0.5, 0.6) is 5.75 Å². The van der Waals surface area contributed by atoms with Gasteiger partial charge in [0.25, 0.3) is 0 Å². The minimum absolute atomic E-state index is 0.103. The molecule has 1 atom stereocenters. The van der Waals surface area contributed by atoms with Crippen molar-refractivity contribution in [2.24, 2.45) is 0 Å². The summed E-state index contributed by atoms with van der Waals surface area (Å²) >= 11 is 6.22. The Kier molecular flexibility index (Phi) is 9.97. The molecule has 0 radical (unpaired) electrons. The highest BCUT2D eigenvalue weighted by Gasteiger charge is 2.32. The number of carbonyl (C=O) groups is 2. The van der Waals surface area contributed by atoms with Crippen LogP contribution in [0.25, 0.3) is 0 Å². The number of methoxy groups -OCH3 is 1. The van der Waals surface area contributed by atoms with Crippen LogP contribution in [0.2, 0.25) is 5.02 Å². The molecule has 0 fully saturated rings. The number of rotatable bonds is 11. The normalized spacial score (nSPS) is 12.2. The third kappa shape index (κ3) is 7.60. The van der Waals surface area contributed by atoms with Gasteiger partial charge < -0.3 is 15.0 Å². The lowest BCUT2D eigenvalue weighted by atomic mass is 10.1. The van der Waals surface area contributed by atoms with Crippen LogP contribution in [-0.2, 0) is 26.2 Å². The van der Waals surface area contributed by atoms with E-state index in [1.807, 2.05) is 26.8 Å². The summed E-state index contributed by atoms with van der Waals surface area (Å²) in [5, 5.41) is 3.25. The Morgan fingerprint density at radius 2 is 1.80 bits per heavy atom. The fourth-order valence-electron chi connectivity index (χ4n) is 3.73. The fourth-order valence-corrected chi connectivity index (χ4v) is 4.80. The Balaban J connectivity index is 2.50. The molecule has 8 nitrogen and oxygen atoms in total. The van der Waals surface area contributed by atoms with Crippen molar-refractivity contribution in [1.29, 1.82) is 0 Å². The maximum absolute atomic E-state index is 13.7. The number of halogens is 1. The maximum Gasteiger partial charge on any atom is 0.244 e. The number of sulfonamides is 1. The van der Waals surface area contributed by atoms with E-state index in [1.165, 1.54) is 4.90 Å². The predicted molar refractivity (Wildman–Crippen MR) is 139 cm³/mol. The van der Waals surface area contributed by atoms with Gasteiger partial charge in [0.05, 0.1) is 19.1 Å². The molecule has 0 saturated heterocycles. The average Bonchev–Trinajstić information content (AvgIpc) is 2.78.